The molecule has 23 heavy (non-hydrogen) atoms. The van der Waals surface area contributed by atoms with Gasteiger partial charge in [-0.3, -0.25) is 4.79 Å². The van der Waals surface area contributed by atoms with Crippen LogP contribution in [-0.4, -0.2) is 29.7 Å². The monoisotopic (exact) mass is 377 g/mol. The van der Waals surface area contributed by atoms with Crippen molar-refractivity contribution in [3.05, 3.63) is 23.9 Å². The molecule has 10 heteroatoms. The fourth-order valence-corrected chi connectivity index (χ4v) is 1.44. The van der Waals surface area contributed by atoms with E-state index in [0.29, 0.717) is 18.4 Å². The predicted molar refractivity (Wildman–Crippen MR) is 85.0 cm³/mol. The van der Waals surface area contributed by atoms with Crippen molar-refractivity contribution in [2.24, 2.45) is 5.73 Å². The molecule has 134 valence electrons. The third-order valence-corrected chi connectivity index (χ3v) is 2.50. The maximum Gasteiger partial charge on any atom is 0.422 e. The van der Waals surface area contributed by atoms with E-state index in [1.165, 1.54) is 12.3 Å². The molecule has 1 atom stereocenters. The Hall–Kier alpha value is -1.25. The van der Waals surface area contributed by atoms with Crippen LogP contribution in [0.15, 0.2) is 18.3 Å². The van der Waals surface area contributed by atoms with E-state index in [-0.39, 0.29) is 49.2 Å². The van der Waals surface area contributed by atoms with E-state index >= 15 is 0 Å². The summed E-state index contributed by atoms with van der Waals surface area (Å²) < 4.78 is 40.6. The van der Waals surface area contributed by atoms with Gasteiger partial charge in [-0.25, -0.2) is 4.98 Å². The van der Waals surface area contributed by atoms with Crippen molar-refractivity contribution in [1.82, 2.24) is 10.3 Å². The van der Waals surface area contributed by atoms with Crippen LogP contribution in [0.25, 0.3) is 0 Å². The van der Waals surface area contributed by atoms with Crippen molar-refractivity contribution >= 4 is 30.7 Å². The summed E-state index contributed by atoms with van der Waals surface area (Å²) >= 11 is 0. The molecule has 0 spiro atoms. The highest BCUT2D eigenvalue weighted by atomic mass is 35.5. The second-order valence-electron chi connectivity index (χ2n) is 4.70. The lowest BCUT2D eigenvalue weighted by Gasteiger charge is -2.10. The molecule has 1 aromatic heterocycles. The zero-order chi connectivity index (χ0) is 15.9. The lowest BCUT2D eigenvalue weighted by atomic mass is 10.2. The third-order valence-electron chi connectivity index (χ3n) is 2.50. The number of pyridine rings is 1. The molecule has 0 aliphatic heterocycles. The fraction of sp³-hybridized carbons (Fsp3) is 0.538. The first-order valence-electron chi connectivity index (χ1n) is 6.43. The van der Waals surface area contributed by atoms with Crippen LogP contribution in [0.5, 0.6) is 5.88 Å². The average molecular weight is 378 g/mol. The Kier molecular flexibility index (Phi) is 11.8. The van der Waals surface area contributed by atoms with Gasteiger partial charge in [0.1, 0.15) is 0 Å². The smallest absolute Gasteiger partial charge is 0.422 e. The van der Waals surface area contributed by atoms with Crippen molar-refractivity contribution in [2.45, 2.75) is 38.5 Å². The first-order chi connectivity index (χ1) is 9.76. The molecule has 0 radical (unpaired) electrons. The van der Waals surface area contributed by atoms with Crippen LogP contribution >= 0.6 is 24.8 Å². The summed E-state index contributed by atoms with van der Waals surface area (Å²) in [5.41, 5.74) is 6.15. The number of halogens is 5. The molecule has 1 heterocycles. The molecule has 5 nitrogen and oxygen atoms in total. The van der Waals surface area contributed by atoms with E-state index in [9.17, 15) is 18.0 Å². The predicted octanol–water partition coefficient (Wildman–Crippen LogP) is 2.61. The average Bonchev–Trinajstić information content (AvgIpc) is 2.40. The number of rotatable bonds is 7. The molecule has 0 saturated carbocycles. The topological polar surface area (TPSA) is 77.2 Å². The standard InChI is InChI=1S/C13H18F3N3O2.2ClH/c1-9(17)2-3-11(20)19-7-10-4-5-18-12(6-10)21-8-13(14,15)16;;/h4-6,9H,2-3,7-8,17H2,1H3,(H,19,20);2*1H. The Balaban J connectivity index is 0. The van der Waals surface area contributed by atoms with Crippen LogP contribution in [0.2, 0.25) is 0 Å². The first kappa shape index (κ1) is 24.0. The molecule has 1 unspecified atom stereocenters. The Morgan fingerprint density at radius 1 is 1.43 bits per heavy atom. The van der Waals surface area contributed by atoms with Crippen LogP contribution in [0, 0.1) is 0 Å². The normalized spacial score (nSPS) is 11.7. The van der Waals surface area contributed by atoms with Gasteiger partial charge in [0, 0.05) is 31.3 Å². The maximum absolute atomic E-state index is 12.0. The van der Waals surface area contributed by atoms with E-state index in [0.717, 1.165) is 0 Å². The maximum atomic E-state index is 12.0. The second kappa shape index (κ2) is 11.3. The highest BCUT2D eigenvalue weighted by molar-refractivity contribution is 5.85. The van der Waals surface area contributed by atoms with Crippen LogP contribution < -0.4 is 15.8 Å². The summed E-state index contributed by atoms with van der Waals surface area (Å²) in [6.07, 6.45) is -2.21. The molecule has 0 aliphatic rings. The summed E-state index contributed by atoms with van der Waals surface area (Å²) in [6.45, 7) is 0.604. The lowest BCUT2D eigenvalue weighted by molar-refractivity contribution is -0.154. The van der Waals surface area contributed by atoms with Gasteiger partial charge in [0.15, 0.2) is 6.61 Å². The fourth-order valence-electron chi connectivity index (χ4n) is 1.44. The second-order valence-corrected chi connectivity index (χ2v) is 4.70. The molecule has 0 bridgehead atoms. The number of aromatic nitrogens is 1. The number of nitrogens with two attached hydrogens (primary N) is 1. The summed E-state index contributed by atoms with van der Waals surface area (Å²) in [4.78, 5) is 15.2. The molecular formula is C13H20Cl2F3N3O2. The molecule has 0 aromatic carbocycles. The molecule has 3 N–H and O–H groups in total. The number of ether oxygens (including phenoxy) is 1. The Labute approximate surface area is 145 Å². The van der Waals surface area contributed by atoms with Gasteiger partial charge in [0.25, 0.3) is 0 Å². The quantitative estimate of drug-likeness (QED) is 0.765. The van der Waals surface area contributed by atoms with Crippen molar-refractivity contribution in [3.8, 4) is 5.88 Å². The molecule has 0 saturated heterocycles. The third kappa shape index (κ3) is 11.9. The first-order valence-corrected chi connectivity index (χ1v) is 6.43. The van der Waals surface area contributed by atoms with Gasteiger partial charge < -0.3 is 15.8 Å². The largest absolute Gasteiger partial charge is 0.468 e. The van der Waals surface area contributed by atoms with Crippen LogP contribution in [0.4, 0.5) is 13.2 Å². The minimum Gasteiger partial charge on any atom is -0.468 e. The molecule has 0 aliphatic carbocycles. The van der Waals surface area contributed by atoms with Gasteiger partial charge in [-0.1, -0.05) is 0 Å². The number of hydrogen-bond donors (Lipinski definition) is 2. The Bertz CT molecular complexity index is 474. The number of carbonyl (C=O) groups is 1. The number of carbonyl (C=O) groups excluding carboxylic acids is 1. The summed E-state index contributed by atoms with van der Waals surface area (Å²) in [5.74, 6) is -0.295. The summed E-state index contributed by atoms with van der Waals surface area (Å²) in [6, 6.07) is 2.89. The van der Waals surface area contributed by atoms with E-state index in [1.54, 1.807) is 13.0 Å². The molecule has 0 fully saturated rings. The highest BCUT2D eigenvalue weighted by Crippen LogP contribution is 2.17. The number of amides is 1. The van der Waals surface area contributed by atoms with Gasteiger partial charge >= 0.3 is 6.18 Å². The van der Waals surface area contributed by atoms with Crippen LogP contribution in [0.3, 0.4) is 0 Å². The van der Waals surface area contributed by atoms with Gasteiger partial charge in [-0.15, -0.1) is 24.8 Å². The van der Waals surface area contributed by atoms with Crippen molar-refractivity contribution < 1.29 is 22.7 Å². The Morgan fingerprint density at radius 3 is 2.65 bits per heavy atom. The van der Waals surface area contributed by atoms with E-state index in [1.807, 2.05) is 0 Å². The summed E-state index contributed by atoms with van der Waals surface area (Å²) in [5, 5.41) is 2.65. The minimum absolute atomic E-state index is 0. The van der Waals surface area contributed by atoms with Gasteiger partial charge in [-0.05, 0) is 25.0 Å². The van der Waals surface area contributed by atoms with Crippen molar-refractivity contribution in [3.63, 3.8) is 0 Å². The summed E-state index contributed by atoms with van der Waals surface area (Å²) in [7, 11) is 0. The van der Waals surface area contributed by atoms with Gasteiger partial charge in [0.2, 0.25) is 11.8 Å². The number of alkyl halides is 3. The number of hydrogen-bond acceptors (Lipinski definition) is 4. The van der Waals surface area contributed by atoms with Crippen LogP contribution in [-0.2, 0) is 11.3 Å². The van der Waals surface area contributed by atoms with Crippen LogP contribution in [0.1, 0.15) is 25.3 Å². The SMILES string of the molecule is CC(N)CCC(=O)NCc1ccnc(OCC(F)(F)F)c1.Cl.Cl. The number of nitrogens with zero attached hydrogens (tertiary/aromatic N) is 1. The molecular weight excluding hydrogens is 358 g/mol. The molecule has 1 amide bonds. The minimum atomic E-state index is -4.41. The highest BCUT2D eigenvalue weighted by Gasteiger charge is 2.28. The Morgan fingerprint density at radius 2 is 2.09 bits per heavy atom. The lowest BCUT2D eigenvalue weighted by Crippen LogP contribution is -2.25. The zero-order valence-corrected chi connectivity index (χ0v) is 14.1. The number of nitrogens with one attached hydrogen (secondary N) is 1. The van der Waals surface area contributed by atoms with Crippen molar-refractivity contribution in [1.29, 1.82) is 0 Å². The van der Waals surface area contributed by atoms with Gasteiger partial charge in [0.05, 0.1) is 0 Å². The zero-order valence-electron chi connectivity index (χ0n) is 12.4. The molecule has 1 rings (SSSR count). The van der Waals surface area contributed by atoms with E-state index in [2.05, 4.69) is 15.0 Å². The van der Waals surface area contributed by atoms with E-state index < -0.39 is 12.8 Å². The van der Waals surface area contributed by atoms with Gasteiger partial charge in [-0.2, -0.15) is 13.2 Å². The van der Waals surface area contributed by atoms with E-state index in [4.69, 9.17) is 5.73 Å². The van der Waals surface area contributed by atoms with Crippen molar-refractivity contribution in [2.75, 3.05) is 6.61 Å². The molecule has 1 aromatic rings.